The lowest BCUT2D eigenvalue weighted by atomic mass is 9.96. The molecule has 0 saturated carbocycles. The van der Waals surface area contributed by atoms with Crippen LogP contribution in [0.4, 0.5) is 5.69 Å². The van der Waals surface area contributed by atoms with Gasteiger partial charge in [-0.15, -0.1) is 0 Å². The Morgan fingerprint density at radius 2 is 1.67 bits per heavy atom. The summed E-state index contributed by atoms with van der Waals surface area (Å²) in [4.78, 5) is 0. The Bertz CT molecular complexity index is 834. The Labute approximate surface area is 128 Å². The molecular formula is C19H14ClN. The van der Waals surface area contributed by atoms with Gasteiger partial charge in [0.25, 0.3) is 0 Å². The Balaban J connectivity index is 1.77. The summed E-state index contributed by atoms with van der Waals surface area (Å²) in [7, 11) is 0. The molecule has 0 amide bonds. The first kappa shape index (κ1) is 12.5. The second-order valence-corrected chi connectivity index (χ2v) is 5.72. The van der Waals surface area contributed by atoms with Gasteiger partial charge in [0.05, 0.1) is 6.04 Å². The number of benzene rings is 3. The molecule has 0 radical (unpaired) electrons. The van der Waals surface area contributed by atoms with Crippen molar-refractivity contribution in [3.8, 4) is 0 Å². The van der Waals surface area contributed by atoms with Crippen molar-refractivity contribution < 1.29 is 0 Å². The van der Waals surface area contributed by atoms with Crippen LogP contribution in [-0.4, -0.2) is 0 Å². The molecule has 1 unspecified atom stereocenters. The minimum atomic E-state index is 0.191. The van der Waals surface area contributed by atoms with Crippen LogP contribution in [-0.2, 0) is 0 Å². The highest BCUT2D eigenvalue weighted by Gasteiger charge is 2.15. The van der Waals surface area contributed by atoms with E-state index in [1.807, 2.05) is 12.1 Å². The van der Waals surface area contributed by atoms with E-state index in [0.717, 1.165) is 5.02 Å². The highest BCUT2D eigenvalue weighted by molar-refractivity contribution is 6.30. The van der Waals surface area contributed by atoms with Crippen LogP contribution in [0.1, 0.15) is 17.2 Å². The van der Waals surface area contributed by atoms with Gasteiger partial charge in [-0.3, -0.25) is 0 Å². The lowest BCUT2D eigenvalue weighted by molar-refractivity contribution is 0.981. The van der Waals surface area contributed by atoms with Crippen molar-refractivity contribution >= 4 is 34.1 Å². The quantitative estimate of drug-likeness (QED) is 0.609. The average Bonchev–Trinajstić information content (AvgIpc) is 2.55. The van der Waals surface area contributed by atoms with Gasteiger partial charge < -0.3 is 5.32 Å². The molecule has 0 bridgehead atoms. The molecule has 3 aromatic carbocycles. The summed E-state index contributed by atoms with van der Waals surface area (Å²) in [5.74, 6) is 0. The summed E-state index contributed by atoms with van der Waals surface area (Å²) in [6.07, 6.45) is 4.42. The number of fused-ring (bicyclic) bond motifs is 3. The third-order valence-corrected chi connectivity index (χ3v) is 4.22. The van der Waals surface area contributed by atoms with Crippen LogP contribution in [0.3, 0.4) is 0 Å². The molecule has 2 heteroatoms. The molecule has 1 N–H and O–H groups in total. The van der Waals surface area contributed by atoms with Crippen molar-refractivity contribution in [1.82, 2.24) is 0 Å². The number of hydrogen-bond acceptors (Lipinski definition) is 1. The van der Waals surface area contributed by atoms with E-state index in [-0.39, 0.29) is 6.04 Å². The van der Waals surface area contributed by atoms with Gasteiger partial charge in [0.2, 0.25) is 0 Å². The lowest BCUT2D eigenvalue weighted by Crippen LogP contribution is -2.12. The fourth-order valence-corrected chi connectivity index (χ4v) is 3.00. The molecule has 0 fully saturated rings. The maximum Gasteiger partial charge on any atom is 0.0701 e. The first-order valence-electron chi connectivity index (χ1n) is 7.03. The van der Waals surface area contributed by atoms with Gasteiger partial charge in [-0.2, -0.15) is 0 Å². The van der Waals surface area contributed by atoms with Gasteiger partial charge >= 0.3 is 0 Å². The maximum atomic E-state index is 5.96. The molecule has 0 spiro atoms. The van der Waals surface area contributed by atoms with Crippen LogP contribution in [0.2, 0.25) is 5.02 Å². The lowest BCUT2D eigenvalue weighted by Gasteiger charge is -2.24. The third-order valence-electron chi connectivity index (χ3n) is 3.97. The third kappa shape index (κ3) is 2.20. The maximum absolute atomic E-state index is 5.96. The predicted molar refractivity (Wildman–Crippen MR) is 90.8 cm³/mol. The van der Waals surface area contributed by atoms with Crippen LogP contribution in [0.5, 0.6) is 0 Å². The Kier molecular flexibility index (Phi) is 2.94. The fourth-order valence-electron chi connectivity index (χ4n) is 2.87. The zero-order valence-electron chi connectivity index (χ0n) is 11.4. The van der Waals surface area contributed by atoms with E-state index in [0.29, 0.717) is 0 Å². The van der Waals surface area contributed by atoms with Crippen molar-refractivity contribution in [2.45, 2.75) is 6.04 Å². The van der Waals surface area contributed by atoms with E-state index in [1.165, 1.54) is 27.6 Å². The zero-order chi connectivity index (χ0) is 14.2. The van der Waals surface area contributed by atoms with Gasteiger partial charge in [0, 0.05) is 16.3 Å². The largest absolute Gasteiger partial charge is 0.374 e. The van der Waals surface area contributed by atoms with E-state index < -0.39 is 0 Å². The Morgan fingerprint density at radius 1 is 0.857 bits per heavy atom. The van der Waals surface area contributed by atoms with E-state index in [1.54, 1.807) is 0 Å². The second kappa shape index (κ2) is 4.94. The number of anilines is 1. The Hall–Kier alpha value is -2.25. The van der Waals surface area contributed by atoms with Gasteiger partial charge in [-0.05, 0) is 34.5 Å². The number of nitrogens with one attached hydrogen (secondary N) is 1. The van der Waals surface area contributed by atoms with Crippen molar-refractivity contribution in [1.29, 1.82) is 0 Å². The first-order chi connectivity index (χ1) is 10.3. The minimum absolute atomic E-state index is 0.191. The van der Waals surface area contributed by atoms with Crippen LogP contribution < -0.4 is 5.32 Å². The van der Waals surface area contributed by atoms with Gasteiger partial charge in [0.15, 0.2) is 0 Å². The standard InChI is InChI=1S/C19H14ClN/c20-15-8-5-14(6-9-15)18-12-10-17-16-4-2-1-3-13(16)7-11-19(17)21-18/h1-12,18,21H. The van der Waals surface area contributed by atoms with Crippen LogP contribution in [0.15, 0.2) is 66.7 Å². The summed E-state index contributed by atoms with van der Waals surface area (Å²) in [6, 6.07) is 21.0. The molecule has 1 atom stereocenters. The molecular weight excluding hydrogens is 278 g/mol. The molecule has 3 aromatic rings. The number of hydrogen-bond donors (Lipinski definition) is 1. The first-order valence-corrected chi connectivity index (χ1v) is 7.41. The molecule has 0 aliphatic carbocycles. The molecule has 1 heterocycles. The predicted octanol–water partition coefficient (Wildman–Crippen LogP) is 5.67. The van der Waals surface area contributed by atoms with Crippen molar-refractivity contribution in [2.75, 3.05) is 5.32 Å². The van der Waals surface area contributed by atoms with E-state index in [9.17, 15) is 0 Å². The molecule has 1 aliphatic rings. The summed E-state index contributed by atoms with van der Waals surface area (Å²) < 4.78 is 0. The van der Waals surface area contributed by atoms with Crippen molar-refractivity contribution in [3.63, 3.8) is 0 Å². The smallest absolute Gasteiger partial charge is 0.0701 e. The SMILES string of the molecule is Clc1ccc(C2C=Cc3c(ccc4ccccc34)N2)cc1. The molecule has 4 rings (SSSR count). The van der Waals surface area contributed by atoms with Gasteiger partial charge in [-0.1, -0.05) is 66.2 Å². The average molecular weight is 292 g/mol. The van der Waals surface area contributed by atoms with Crippen LogP contribution in [0, 0.1) is 0 Å². The molecule has 102 valence electrons. The molecule has 21 heavy (non-hydrogen) atoms. The highest BCUT2D eigenvalue weighted by Crippen LogP contribution is 2.35. The second-order valence-electron chi connectivity index (χ2n) is 5.28. The van der Waals surface area contributed by atoms with E-state index in [2.05, 4.69) is 66.0 Å². The van der Waals surface area contributed by atoms with Crippen molar-refractivity contribution in [3.05, 3.63) is 82.9 Å². The normalized spacial score (nSPS) is 16.5. The van der Waals surface area contributed by atoms with Crippen molar-refractivity contribution in [2.24, 2.45) is 0 Å². The van der Waals surface area contributed by atoms with Crippen LogP contribution >= 0.6 is 11.6 Å². The van der Waals surface area contributed by atoms with Gasteiger partial charge in [-0.25, -0.2) is 0 Å². The summed E-state index contributed by atoms with van der Waals surface area (Å²) >= 11 is 5.96. The number of rotatable bonds is 1. The fraction of sp³-hybridized carbons (Fsp3) is 0.0526. The number of halogens is 1. The zero-order valence-corrected chi connectivity index (χ0v) is 12.1. The van der Waals surface area contributed by atoms with Crippen LogP contribution in [0.25, 0.3) is 16.8 Å². The summed E-state index contributed by atoms with van der Waals surface area (Å²) in [6.45, 7) is 0. The van der Waals surface area contributed by atoms with Gasteiger partial charge in [0.1, 0.15) is 0 Å². The topological polar surface area (TPSA) is 12.0 Å². The molecule has 0 aromatic heterocycles. The van der Waals surface area contributed by atoms with E-state index in [4.69, 9.17) is 11.6 Å². The Morgan fingerprint density at radius 3 is 2.52 bits per heavy atom. The summed E-state index contributed by atoms with van der Waals surface area (Å²) in [5.41, 5.74) is 3.66. The molecule has 1 nitrogen and oxygen atoms in total. The molecule has 1 aliphatic heterocycles. The van der Waals surface area contributed by atoms with E-state index >= 15 is 0 Å². The summed E-state index contributed by atoms with van der Waals surface area (Å²) in [5, 5.41) is 6.92. The monoisotopic (exact) mass is 291 g/mol. The highest BCUT2D eigenvalue weighted by atomic mass is 35.5. The minimum Gasteiger partial charge on any atom is -0.374 e. The molecule has 0 saturated heterocycles.